The predicted molar refractivity (Wildman–Crippen MR) is 85.0 cm³/mol. The molecule has 0 unspecified atom stereocenters. The van der Waals surface area contributed by atoms with Crippen molar-refractivity contribution in [2.24, 2.45) is 0 Å². The number of thiazole rings is 1. The minimum atomic E-state index is 0.550. The monoisotopic (exact) mass is 339 g/mol. The number of nitrogens with one attached hydrogen (secondary N) is 1. The van der Waals surface area contributed by atoms with Gasteiger partial charge in [0.15, 0.2) is 11.0 Å². The fourth-order valence-electron chi connectivity index (χ4n) is 1.97. The summed E-state index contributed by atoms with van der Waals surface area (Å²) >= 11 is 13.4. The van der Waals surface area contributed by atoms with Crippen molar-refractivity contribution in [3.63, 3.8) is 0 Å². The number of H-pyrrole nitrogens is 1. The molecule has 3 rings (SSSR count). The van der Waals surface area contributed by atoms with E-state index in [2.05, 4.69) is 20.2 Å². The first-order chi connectivity index (χ1) is 10.1. The van der Waals surface area contributed by atoms with E-state index in [0.29, 0.717) is 33.8 Å². The molecule has 0 saturated carbocycles. The molecule has 2 heterocycles. The van der Waals surface area contributed by atoms with Gasteiger partial charge in [0, 0.05) is 21.8 Å². The number of hydrogen-bond donors (Lipinski definition) is 2. The zero-order chi connectivity index (χ0) is 14.8. The van der Waals surface area contributed by atoms with Crippen molar-refractivity contribution in [2.75, 3.05) is 5.73 Å². The third-order valence-electron chi connectivity index (χ3n) is 2.78. The van der Waals surface area contributed by atoms with Gasteiger partial charge >= 0.3 is 0 Å². The van der Waals surface area contributed by atoms with Gasteiger partial charge in [0.05, 0.1) is 12.1 Å². The molecule has 0 bridgehead atoms. The molecule has 8 heteroatoms. The third kappa shape index (κ3) is 3.72. The zero-order valence-electron chi connectivity index (χ0n) is 10.8. The van der Waals surface area contributed by atoms with E-state index in [1.54, 1.807) is 6.07 Å². The van der Waals surface area contributed by atoms with Crippen LogP contribution in [-0.2, 0) is 12.8 Å². The van der Waals surface area contributed by atoms with Crippen molar-refractivity contribution in [2.45, 2.75) is 12.8 Å². The van der Waals surface area contributed by atoms with Crippen LogP contribution in [0, 0.1) is 0 Å². The molecular weight excluding hydrogens is 329 g/mol. The Morgan fingerprint density at radius 1 is 1.10 bits per heavy atom. The van der Waals surface area contributed by atoms with Crippen LogP contribution < -0.4 is 5.73 Å². The molecule has 0 atom stereocenters. The van der Waals surface area contributed by atoms with E-state index in [0.717, 1.165) is 17.1 Å². The Hall–Kier alpha value is -1.63. The number of nitrogens with zero attached hydrogens (tertiary/aromatic N) is 3. The van der Waals surface area contributed by atoms with Crippen molar-refractivity contribution < 1.29 is 0 Å². The van der Waals surface area contributed by atoms with Crippen LogP contribution in [0.2, 0.25) is 10.0 Å². The fourth-order valence-corrected chi connectivity index (χ4v) is 3.10. The molecule has 0 saturated heterocycles. The molecule has 0 amide bonds. The second kappa shape index (κ2) is 6.01. The Kier molecular flexibility index (Phi) is 4.10. The van der Waals surface area contributed by atoms with E-state index in [9.17, 15) is 0 Å². The normalized spacial score (nSPS) is 11.0. The van der Waals surface area contributed by atoms with E-state index in [-0.39, 0.29) is 0 Å². The average molecular weight is 340 g/mol. The van der Waals surface area contributed by atoms with Gasteiger partial charge < -0.3 is 5.73 Å². The number of anilines is 1. The SMILES string of the molecule is Nc1nc(Cc2n[nH]c(Cc3cc(Cl)cc(Cl)c3)n2)cs1. The van der Waals surface area contributed by atoms with Crippen LogP contribution in [0.4, 0.5) is 5.13 Å². The summed E-state index contributed by atoms with van der Waals surface area (Å²) < 4.78 is 0. The quantitative estimate of drug-likeness (QED) is 0.763. The smallest absolute Gasteiger partial charge is 0.180 e. The van der Waals surface area contributed by atoms with Crippen LogP contribution in [0.5, 0.6) is 0 Å². The van der Waals surface area contributed by atoms with E-state index in [4.69, 9.17) is 28.9 Å². The van der Waals surface area contributed by atoms with Gasteiger partial charge in [-0.25, -0.2) is 9.97 Å². The summed E-state index contributed by atoms with van der Waals surface area (Å²) in [4.78, 5) is 8.63. The van der Waals surface area contributed by atoms with Gasteiger partial charge in [0.1, 0.15) is 5.82 Å². The second-order valence-electron chi connectivity index (χ2n) is 4.51. The number of benzene rings is 1. The molecule has 3 aromatic rings. The molecule has 108 valence electrons. The standard InChI is InChI=1S/C13H11Cl2N5S/c14-8-1-7(2-9(15)4-8)3-11-18-12(20-19-11)5-10-6-21-13(16)17-10/h1-2,4,6H,3,5H2,(H2,16,17)(H,18,19,20). The minimum Gasteiger partial charge on any atom is -0.375 e. The van der Waals surface area contributed by atoms with Gasteiger partial charge in [-0.1, -0.05) is 23.2 Å². The largest absolute Gasteiger partial charge is 0.375 e. The van der Waals surface area contributed by atoms with Crippen LogP contribution in [0.3, 0.4) is 0 Å². The molecule has 0 aliphatic rings. The number of halogens is 2. The van der Waals surface area contributed by atoms with E-state index in [1.807, 2.05) is 17.5 Å². The summed E-state index contributed by atoms with van der Waals surface area (Å²) in [5, 5.41) is 10.8. The summed E-state index contributed by atoms with van der Waals surface area (Å²) in [5.41, 5.74) is 7.45. The highest BCUT2D eigenvalue weighted by atomic mass is 35.5. The number of aromatic nitrogens is 4. The van der Waals surface area contributed by atoms with Crippen molar-refractivity contribution in [1.29, 1.82) is 0 Å². The maximum atomic E-state index is 5.98. The number of nitrogens with two attached hydrogens (primary N) is 1. The molecule has 2 aromatic heterocycles. The number of nitrogen functional groups attached to an aromatic ring is 1. The van der Waals surface area contributed by atoms with Crippen molar-refractivity contribution in [3.8, 4) is 0 Å². The first-order valence-electron chi connectivity index (χ1n) is 6.13. The highest BCUT2D eigenvalue weighted by molar-refractivity contribution is 7.13. The summed E-state index contributed by atoms with van der Waals surface area (Å²) in [7, 11) is 0. The molecule has 21 heavy (non-hydrogen) atoms. The molecule has 1 aromatic carbocycles. The topological polar surface area (TPSA) is 80.5 Å². The van der Waals surface area contributed by atoms with Crippen molar-refractivity contribution >= 4 is 39.7 Å². The second-order valence-corrected chi connectivity index (χ2v) is 6.27. The number of aromatic amines is 1. The molecular formula is C13H11Cl2N5S. The first-order valence-corrected chi connectivity index (χ1v) is 7.77. The van der Waals surface area contributed by atoms with Crippen LogP contribution >= 0.6 is 34.5 Å². The summed E-state index contributed by atoms with van der Waals surface area (Å²) in [6.45, 7) is 0. The summed E-state index contributed by atoms with van der Waals surface area (Å²) in [5.74, 6) is 1.44. The maximum Gasteiger partial charge on any atom is 0.180 e. The van der Waals surface area contributed by atoms with E-state index in [1.165, 1.54) is 11.3 Å². The molecule has 0 spiro atoms. The lowest BCUT2D eigenvalue weighted by atomic mass is 10.1. The summed E-state index contributed by atoms with van der Waals surface area (Å²) in [6.07, 6.45) is 1.15. The number of hydrogen-bond acceptors (Lipinski definition) is 5. The van der Waals surface area contributed by atoms with Crippen LogP contribution in [0.1, 0.15) is 22.9 Å². The fraction of sp³-hybridized carbons (Fsp3) is 0.154. The van der Waals surface area contributed by atoms with Gasteiger partial charge in [-0.05, 0) is 23.8 Å². The average Bonchev–Trinajstić information content (AvgIpc) is 2.98. The molecule has 0 aliphatic heterocycles. The van der Waals surface area contributed by atoms with Gasteiger partial charge in [-0.15, -0.1) is 11.3 Å². The Morgan fingerprint density at radius 2 is 1.86 bits per heavy atom. The minimum absolute atomic E-state index is 0.550. The lowest BCUT2D eigenvalue weighted by molar-refractivity contribution is 0.946. The lowest BCUT2D eigenvalue weighted by Crippen LogP contribution is -1.94. The predicted octanol–water partition coefficient (Wildman–Crippen LogP) is 3.33. The first kappa shape index (κ1) is 14.3. The van der Waals surface area contributed by atoms with Gasteiger partial charge in [-0.2, -0.15) is 5.10 Å². The van der Waals surface area contributed by atoms with Crippen LogP contribution in [0.25, 0.3) is 0 Å². The maximum absolute atomic E-state index is 5.98. The van der Waals surface area contributed by atoms with Gasteiger partial charge in [0.25, 0.3) is 0 Å². The third-order valence-corrected chi connectivity index (χ3v) is 3.94. The zero-order valence-corrected chi connectivity index (χ0v) is 13.1. The van der Waals surface area contributed by atoms with Crippen LogP contribution in [0.15, 0.2) is 23.6 Å². The Morgan fingerprint density at radius 3 is 2.52 bits per heavy atom. The van der Waals surface area contributed by atoms with E-state index >= 15 is 0 Å². The highest BCUT2D eigenvalue weighted by Gasteiger charge is 2.08. The van der Waals surface area contributed by atoms with E-state index < -0.39 is 0 Å². The number of rotatable bonds is 4. The van der Waals surface area contributed by atoms with Gasteiger partial charge in [0.2, 0.25) is 0 Å². The molecule has 5 nitrogen and oxygen atoms in total. The lowest BCUT2D eigenvalue weighted by Gasteiger charge is -2.00. The Balaban J connectivity index is 1.72. The molecule has 3 N–H and O–H groups in total. The van der Waals surface area contributed by atoms with Crippen LogP contribution in [-0.4, -0.2) is 20.2 Å². The van der Waals surface area contributed by atoms with Crippen molar-refractivity contribution in [1.82, 2.24) is 20.2 Å². The summed E-state index contributed by atoms with van der Waals surface area (Å²) in [6, 6.07) is 5.42. The molecule has 0 fully saturated rings. The Labute approximate surface area is 135 Å². The molecule has 0 aliphatic carbocycles. The molecule has 0 radical (unpaired) electrons. The highest BCUT2D eigenvalue weighted by Crippen LogP contribution is 2.20. The Bertz CT molecular complexity index is 747. The van der Waals surface area contributed by atoms with Crippen molar-refractivity contribution in [3.05, 3.63) is 56.5 Å². The van der Waals surface area contributed by atoms with Gasteiger partial charge in [-0.3, -0.25) is 5.10 Å².